The van der Waals surface area contributed by atoms with Crippen molar-refractivity contribution in [3.8, 4) is 11.4 Å². The predicted molar refractivity (Wildman–Crippen MR) is 209 cm³/mol. The fourth-order valence-corrected chi connectivity index (χ4v) is 10.7. The number of esters is 2. The van der Waals surface area contributed by atoms with E-state index in [0.717, 1.165) is 35.0 Å². The standard InChI is InChI=1S/C40H54N4O9Si/c1-11-13-19-54(9,10)33-25-20-24(42-37(49)53-39(6,7)8)16-17-29(25)43-32-26(33)22-44-30(32)21-28-27(34(44)46)23-50-35(47)40(28,12-2)51-31(45)15-14-18-41-36(48)52-38(3,4)5/h16-17,20-21H,11-15,18-19,22-23H2,1-10H3,(H,41,48)(H,42,49). The molecule has 2 aromatic heterocycles. The minimum atomic E-state index is -2.20. The summed E-state index contributed by atoms with van der Waals surface area (Å²) in [6, 6.07) is 8.36. The van der Waals surface area contributed by atoms with Crippen molar-refractivity contribution in [3.63, 3.8) is 0 Å². The maximum Gasteiger partial charge on any atom is 0.412 e. The Bertz CT molecular complexity index is 2040. The number of carbonyl (C=O) groups excluding carboxylic acids is 4. The van der Waals surface area contributed by atoms with Crippen molar-refractivity contribution in [1.29, 1.82) is 0 Å². The van der Waals surface area contributed by atoms with E-state index in [4.69, 9.17) is 23.9 Å². The van der Waals surface area contributed by atoms with Crippen LogP contribution >= 0.6 is 0 Å². The molecule has 0 spiro atoms. The molecule has 2 aliphatic rings. The smallest absolute Gasteiger partial charge is 0.412 e. The molecule has 14 heteroatoms. The fourth-order valence-electron chi connectivity index (χ4n) is 7.24. The van der Waals surface area contributed by atoms with Gasteiger partial charge >= 0.3 is 24.1 Å². The summed E-state index contributed by atoms with van der Waals surface area (Å²) in [5.41, 5.74) is 0.473. The van der Waals surface area contributed by atoms with Crippen LogP contribution in [0.5, 0.6) is 0 Å². The average molecular weight is 763 g/mol. The van der Waals surface area contributed by atoms with Crippen LogP contribution in [0.25, 0.3) is 22.3 Å². The number of amides is 2. The van der Waals surface area contributed by atoms with Crippen molar-refractivity contribution in [2.24, 2.45) is 0 Å². The third-order valence-electron chi connectivity index (χ3n) is 9.65. The van der Waals surface area contributed by atoms with Crippen LogP contribution < -0.4 is 21.4 Å². The number of cyclic esters (lactones) is 1. The molecule has 0 saturated carbocycles. The highest BCUT2D eigenvalue weighted by Crippen LogP contribution is 2.41. The van der Waals surface area contributed by atoms with E-state index in [1.807, 2.05) is 32.9 Å². The molecule has 1 unspecified atom stereocenters. The van der Waals surface area contributed by atoms with Gasteiger partial charge in [0.25, 0.3) is 5.56 Å². The molecular formula is C40H54N4O9Si. The van der Waals surface area contributed by atoms with Crippen LogP contribution in [0.15, 0.2) is 29.1 Å². The minimum absolute atomic E-state index is 0.0390. The molecule has 2 aliphatic heterocycles. The molecule has 13 nitrogen and oxygen atoms in total. The molecule has 4 heterocycles. The van der Waals surface area contributed by atoms with E-state index in [9.17, 15) is 24.0 Å². The van der Waals surface area contributed by atoms with Crippen LogP contribution in [0, 0.1) is 0 Å². The molecule has 292 valence electrons. The van der Waals surface area contributed by atoms with Gasteiger partial charge in [0.2, 0.25) is 5.60 Å². The van der Waals surface area contributed by atoms with E-state index in [2.05, 4.69) is 30.7 Å². The highest BCUT2D eigenvalue weighted by Gasteiger charge is 2.50. The van der Waals surface area contributed by atoms with Gasteiger partial charge in [0.1, 0.15) is 17.8 Å². The van der Waals surface area contributed by atoms with E-state index in [0.29, 0.717) is 28.2 Å². The van der Waals surface area contributed by atoms with Gasteiger partial charge in [-0.25, -0.2) is 19.4 Å². The molecule has 54 heavy (non-hydrogen) atoms. The van der Waals surface area contributed by atoms with Crippen molar-refractivity contribution in [3.05, 3.63) is 51.3 Å². The number of unbranched alkanes of at least 4 members (excludes halogenated alkanes) is 1. The quantitative estimate of drug-likeness (QED) is 0.0704. The number of aromatic nitrogens is 2. The molecule has 1 atom stereocenters. The van der Waals surface area contributed by atoms with E-state index < -0.39 is 49.0 Å². The highest BCUT2D eigenvalue weighted by molar-refractivity contribution is 6.91. The lowest BCUT2D eigenvalue weighted by Gasteiger charge is -2.35. The summed E-state index contributed by atoms with van der Waals surface area (Å²) >= 11 is 0. The normalized spacial score (nSPS) is 16.5. The molecular weight excluding hydrogens is 709 g/mol. The molecule has 1 aromatic carbocycles. The first-order valence-electron chi connectivity index (χ1n) is 18.8. The Morgan fingerprint density at radius 3 is 2.30 bits per heavy atom. The number of anilines is 1. The average Bonchev–Trinajstić information content (AvgIpc) is 3.42. The van der Waals surface area contributed by atoms with Gasteiger partial charge in [-0.05, 0) is 89.4 Å². The topological polar surface area (TPSA) is 164 Å². The van der Waals surface area contributed by atoms with Gasteiger partial charge in [-0.15, -0.1) is 0 Å². The van der Waals surface area contributed by atoms with E-state index in [-0.39, 0.29) is 50.1 Å². The van der Waals surface area contributed by atoms with Gasteiger partial charge in [0.05, 0.1) is 37.1 Å². The van der Waals surface area contributed by atoms with Crippen molar-refractivity contribution in [2.45, 2.75) is 137 Å². The minimum Gasteiger partial charge on any atom is -0.457 e. The van der Waals surface area contributed by atoms with Crippen LogP contribution in [0.4, 0.5) is 15.3 Å². The summed E-state index contributed by atoms with van der Waals surface area (Å²) in [5.74, 6) is -1.41. The first-order valence-corrected chi connectivity index (χ1v) is 22.0. The molecule has 0 aliphatic carbocycles. The Morgan fingerprint density at radius 2 is 1.65 bits per heavy atom. The Hall–Kier alpha value is -4.72. The first-order chi connectivity index (χ1) is 25.2. The SMILES string of the molecule is CCCC[Si](C)(C)c1c2c(nc3ccc(NC(=O)OC(C)(C)C)cc13)-c1cc3c(c(=O)n1C2)COC(=O)C3(CC)OC(=O)CCCNC(=O)OC(C)(C)C. The second kappa shape index (κ2) is 15.2. The molecule has 2 N–H and O–H groups in total. The monoisotopic (exact) mass is 762 g/mol. The van der Waals surface area contributed by atoms with Crippen molar-refractivity contribution < 1.29 is 38.1 Å². The number of ether oxygens (including phenoxy) is 4. The molecule has 0 radical (unpaired) electrons. The molecule has 0 bridgehead atoms. The number of hydrogen-bond acceptors (Lipinski definition) is 10. The van der Waals surface area contributed by atoms with Crippen LogP contribution in [0.2, 0.25) is 19.1 Å². The second-order valence-electron chi connectivity index (χ2n) is 16.7. The van der Waals surface area contributed by atoms with E-state index in [1.165, 1.54) is 0 Å². The Labute approximate surface area is 317 Å². The van der Waals surface area contributed by atoms with Gasteiger partial charge in [0, 0.05) is 29.6 Å². The summed E-state index contributed by atoms with van der Waals surface area (Å²) in [6.45, 7) is 19.4. The lowest BCUT2D eigenvalue weighted by atomic mass is 9.85. The number of alkyl carbamates (subject to hydrolysis) is 1. The number of rotatable bonds is 11. The lowest BCUT2D eigenvalue weighted by molar-refractivity contribution is -0.189. The van der Waals surface area contributed by atoms with Crippen LogP contribution in [-0.4, -0.2) is 59.5 Å². The number of hydrogen-bond donors (Lipinski definition) is 2. The Kier molecular flexibility index (Phi) is 11.4. The number of fused-ring (bicyclic) bond motifs is 5. The van der Waals surface area contributed by atoms with Crippen LogP contribution in [0.3, 0.4) is 0 Å². The van der Waals surface area contributed by atoms with Gasteiger partial charge in [-0.1, -0.05) is 45.8 Å². The van der Waals surface area contributed by atoms with Crippen LogP contribution in [-0.2, 0) is 47.3 Å². The maximum atomic E-state index is 14.4. The number of nitrogens with zero attached hydrogens (tertiary/aromatic N) is 2. The van der Waals surface area contributed by atoms with Gasteiger partial charge < -0.3 is 28.8 Å². The number of pyridine rings is 2. The highest BCUT2D eigenvalue weighted by atomic mass is 28.3. The van der Waals surface area contributed by atoms with Crippen molar-refractivity contribution in [1.82, 2.24) is 14.9 Å². The first kappa shape index (κ1) is 40.5. The zero-order chi connectivity index (χ0) is 39.8. The molecule has 2 amide bonds. The number of benzene rings is 1. The zero-order valence-electron chi connectivity index (χ0n) is 33.2. The summed E-state index contributed by atoms with van der Waals surface area (Å²) < 4.78 is 23.9. The number of carbonyl (C=O) groups is 4. The largest absolute Gasteiger partial charge is 0.457 e. The summed E-state index contributed by atoms with van der Waals surface area (Å²) in [4.78, 5) is 71.1. The van der Waals surface area contributed by atoms with Crippen molar-refractivity contribution in [2.75, 3.05) is 11.9 Å². The predicted octanol–water partition coefficient (Wildman–Crippen LogP) is 7.00. The third kappa shape index (κ3) is 8.48. The molecule has 0 saturated heterocycles. The van der Waals surface area contributed by atoms with E-state index in [1.54, 1.807) is 44.4 Å². The van der Waals surface area contributed by atoms with E-state index >= 15 is 0 Å². The Balaban J connectivity index is 1.55. The maximum absolute atomic E-state index is 14.4. The van der Waals surface area contributed by atoms with Gasteiger partial charge in [-0.3, -0.25) is 14.9 Å². The Morgan fingerprint density at radius 1 is 0.963 bits per heavy atom. The molecule has 5 rings (SSSR count). The van der Waals surface area contributed by atoms with Gasteiger partial charge in [-0.2, -0.15) is 0 Å². The number of nitrogens with one attached hydrogen (secondary N) is 2. The molecule has 0 fully saturated rings. The summed E-state index contributed by atoms with van der Waals surface area (Å²) in [6.07, 6.45) is 1.11. The fraction of sp³-hybridized carbons (Fsp3) is 0.550. The zero-order valence-corrected chi connectivity index (χ0v) is 34.2. The van der Waals surface area contributed by atoms with Crippen molar-refractivity contribution >= 4 is 54.0 Å². The lowest BCUT2D eigenvalue weighted by Crippen LogP contribution is -2.47. The third-order valence-corrected chi connectivity index (χ3v) is 13.2. The molecule has 3 aromatic rings. The second-order valence-corrected chi connectivity index (χ2v) is 21.5. The summed E-state index contributed by atoms with van der Waals surface area (Å²) in [7, 11) is -2.20. The summed E-state index contributed by atoms with van der Waals surface area (Å²) in [5, 5.41) is 7.56. The van der Waals surface area contributed by atoms with Crippen LogP contribution in [0.1, 0.15) is 104 Å². The van der Waals surface area contributed by atoms with Gasteiger partial charge in [0.15, 0.2) is 0 Å².